The first-order valence-electron chi connectivity index (χ1n) is 8.60. The van der Waals surface area contributed by atoms with Gasteiger partial charge >= 0.3 is 5.63 Å². The molecule has 0 saturated carbocycles. The number of carbonyl (C=O) groups excluding carboxylic acids is 1. The van der Waals surface area contributed by atoms with Crippen LogP contribution in [0.15, 0.2) is 56.1 Å². The first-order chi connectivity index (χ1) is 12.5. The number of aryl methyl sites for hydroxylation is 3. The van der Waals surface area contributed by atoms with Crippen molar-refractivity contribution >= 4 is 27.7 Å². The first-order valence-corrected chi connectivity index (χ1v) is 8.60. The molecule has 0 aliphatic carbocycles. The number of carbonyl (C=O) groups is 1. The monoisotopic (exact) mass is 346 g/mol. The molecular weight excluding hydrogens is 328 g/mol. The van der Waals surface area contributed by atoms with Crippen molar-refractivity contribution in [1.82, 2.24) is 0 Å². The lowest BCUT2D eigenvalue weighted by Gasteiger charge is -2.04. The van der Waals surface area contributed by atoms with Crippen molar-refractivity contribution in [3.05, 3.63) is 80.9 Å². The van der Waals surface area contributed by atoms with Crippen LogP contribution in [0.4, 0.5) is 0 Å². The second kappa shape index (κ2) is 5.99. The highest BCUT2D eigenvalue weighted by Gasteiger charge is 2.23. The topological polar surface area (TPSA) is 60.4 Å². The summed E-state index contributed by atoms with van der Waals surface area (Å²) in [7, 11) is 0. The molecule has 0 saturated heterocycles. The van der Waals surface area contributed by atoms with Gasteiger partial charge in [-0.3, -0.25) is 4.79 Å². The predicted octanol–water partition coefficient (Wildman–Crippen LogP) is 4.95. The smallest absolute Gasteiger partial charge is 0.336 e. The largest absolute Gasteiger partial charge is 0.452 e. The minimum Gasteiger partial charge on any atom is -0.452 e. The summed E-state index contributed by atoms with van der Waals surface area (Å²) in [6.45, 7) is 5.74. The van der Waals surface area contributed by atoms with Crippen molar-refractivity contribution in [2.24, 2.45) is 0 Å². The van der Waals surface area contributed by atoms with Gasteiger partial charge in [-0.1, -0.05) is 37.3 Å². The highest BCUT2D eigenvalue weighted by Crippen LogP contribution is 2.35. The van der Waals surface area contributed by atoms with Crippen molar-refractivity contribution in [2.45, 2.75) is 27.2 Å². The fourth-order valence-electron chi connectivity index (χ4n) is 3.49. The molecule has 0 amide bonds. The van der Waals surface area contributed by atoms with Gasteiger partial charge in [-0.2, -0.15) is 0 Å². The van der Waals surface area contributed by atoms with Crippen molar-refractivity contribution in [1.29, 1.82) is 0 Å². The Kier molecular flexibility index (Phi) is 3.76. The van der Waals surface area contributed by atoms with Crippen LogP contribution in [0, 0.1) is 13.8 Å². The van der Waals surface area contributed by atoms with E-state index in [-0.39, 0.29) is 11.4 Å². The Morgan fingerprint density at radius 3 is 2.35 bits per heavy atom. The summed E-state index contributed by atoms with van der Waals surface area (Å²) in [6, 6.07) is 12.5. The van der Waals surface area contributed by atoms with Crippen LogP contribution in [0.3, 0.4) is 0 Å². The van der Waals surface area contributed by atoms with E-state index in [9.17, 15) is 9.59 Å². The zero-order valence-electron chi connectivity index (χ0n) is 14.9. The molecule has 2 aromatic carbocycles. The van der Waals surface area contributed by atoms with Gasteiger partial charge in [0.25, 0.3) is 0 Å². The lowest BCUT2D eigenvalue weighted by molar-refractivity contribution is 0.101. The van der Waals surface area contributed by atoms with Gasteiger partial charge in [-0.25, -0.2) is 4.79 Å². The maximum Gasteiger partial charge on any atom is 0.336 e. The van der Waals surface area contributed by atoms with E-state index in [0.29, 0.717) is 28.9 Å². The third-order valence-electron chi connectivity index (χ3n) is 4.82. The van der Waals surface area contributed by atoms with Gasteiger partial charge in [0, 0.05) is 33.5 Å². The zero-order valence-corrected chi connectivity index (χ0v) is 14.9. The molecule has 0 atom stereocenters. The van der Waals surface area contributed by atoms with Crippen molar-refractivity contribution in [2.75, 3.05) is 0 Å². The molecule has 0 spiro atoms. The Balaban J connectivity index is 2.06. The van der Waals surface area contributed by atoms with Crippen LogP contribution in [-0.2, 0) is 6.42 Å². The van der Waals surface area contributed by atoms with Crippen LogP contribution in [0.2, 0.25) is 0 Å². The third kappa shape index (κ3) is 2.37. The number of benzene rings is 2. The maximum atomic E-state index is 13.0. The molecule has 0 unspecified atom stereocenters. The summed E-state index contributed by atoms with van der Waals surface area (Å²) in [4.78, 5) is 24.7. The Morgan fingerprint density at radius 1 is 0.962 bits per heavy atom. The van der Waals surface area contributed by atoms with E-state index < -0.39 is 0 Å². The molecule has 26 heavy (non-hydrogen) atoms. The second-order valence-electron chi connectivity index (χ2n) is 6.46. The number of ketones is 1. The van der Waals surface area contributed by atoms with Gasteiger partial charge in [0.1, 0.15) is 11.2 Å². The van der Waals surface area contributed by atoms with E-state index in [1.54, 1.807) is 12.1 Å². The Hall–Kier alpha value is -3.14. The summed E-state index contributed by atoms with van der Waals surface area (Å²) in [6.07, 6.45) is 0.668. The minimum atomic E-state index is -0.389. The SMILES string of the molecule is CCc1c(C(=O)c2ccccc2)oc2c(C)c3oc(=O)cc(C)c3cc12. The fourth-order valence-corrected chi connectivity index (χ4v) is 3.49. The van der Waals surface area contributed by atoms with Crippen molar-refractivity contribution < 1.29 is 13.6 Å². The normalized spacial score (nSPS) is 11.3. The highest BCUT2D eigenvalue weighted by molar-refractivity contribution is 6.12. The lowest BCUT2D eigenvalue weighted by atomic mass is 9.99. The van der Waals surface area contributed by atoms with Crippen LogP contribution in [0.5, 0.6) is 0 Å². The molecule has 0 radical (unpaired) electrons. The number of furan rings is 1. The number of fused-ring (bicyclic) bond motifs is 2. The molecule has 0 N–H and O–H groups in total. The summed E-state index contributed by atoms with van der Waals surface area (Å²) >= 11 is 0. The molecule has 0 aliphatic heterocycles. The molecule has 2 heterocycles. The van der Waals surface area contributed by atoms with Crippen LogP contribution in [0.25, 0.3) is 21.9 Å². The summed E-state index contributed by atoms with van der Waals surface area (Å²) in [5.41, 5.74) is 3.77. The van der Waals surface area contributed by atoms with Crippen LogP contribution in [0.1, 0.15) is 39.7 Å². The Labute approximate surface area is 150 Å². The molecular formula is C22H18O4. The molecule has 130 valence electrons. The van der Waals surface area contributed by atoms with Gasteiger partial charge in [-0.15, -0.1) is 0 Å². The van der Waals surface area contributed by atoms with Crippen LogP contribution < -0.4 is 5.63 Å². The molecule has 0 bridgehead atoms. The van der Waals surface area contributed by atoms with Crippen LogP contribution >= 0.6 is 0 Å². The van der Waals surface area contributed by atoms with E-state index in [0.717, 1.165) is 27.5 Å². The minimum absolute atomic E-state index is 0.139. The molecule has 4 nitrogen and oxygen atoms in total. The molecule has 0 fully saturated rings. The summed E-state index contributed by atoms with van der Waals surface area (Å²) < 4.78 is 11.4. The number of rotatable bonds is 3. The van der Waals surface area contributed by atoms with Gasteiger partial charge in [0.15, 0.2) is 5.76 Å². The van der Waals surface area contributed by atoms with E-state index in [2.05, 4.69) is 0 Å². The summed E-state index contributed by atoms with van der Waals surface area (Å²) in [5.74, 6) is 0.215. The molecule has 0 aliphatic rings. The second-order valence-corrected chi connectivity index (χ2v) is 6.46. The van der Waals surface area contributed by atoms with E-state index in [1.807, 2.05) is 45.0 Å². The summed E-state index contributed by atoms with van der Waals surface area (Å²) in [5, 5.41) is 1.76. The van der Waals surface area contributed by atoms with Gasteiger partial charge in [0.2, 0.25) is 5.78 Å². The average Bonchev–Trinajstić information content (AvgIpc) is 3.02. The fraction of sp³-hybridized carbons (Fsp3) is 0.182. The lowest BCUT2D eigenvalue weighted by Crippen LogP contribution is -2.02. The maximum absolute atomic E-state index is 13.0. The highest BCUT2D eigenvalue weighted by atomic mass is 16.4. The zero-order chi connectivity index (χ0) is 18.4. The standard InChI is InChI=1S/C22H18O4/c1-4-15-17-11-16-12(2)10-18(23)25-20(16)13(3)21(17)26-22(15)19(24)14-8-6-5-7-9-14/h5-11H,4H2,1-3H3. The molecule has 4 aromatic rings. The third-order valence-corrected chi connectivity index (χ3v) is 4.82. The Morgan fingerprint density at radius 2 is 1.65 bits per heavy atom. The quantitative estimate of drug-likeness (QED) is 0.389. The van der Waals surface area contributed by atoms with Crippen molar-refractivity contribution in [3.63, 3.8) is 0 Å². The van der Waals surface area contributed by atoms with Crippen LogP contribution in [-0.4, -0.2) is 5.78 Å². The van der Waals surface area contributed by atoms with Gasteiger partial charge in [-0.05, 0) is 31.9 Å². The van der Waals surface area contributed by atoms with Gasteiger partial charge < -0.3 is 8.83 Å². The van der Waals surface area contributed by atoms with Crippen molar-refractivity contribution in [3.8, 4) is 0 Å². The molecule has 4 heteroatoms. The first kappa shape index (κ1) is 16.3. The molecule has 2 aromatic heterocycles. The number of hydrogen-bond acceptors (Lipinski definition) is 4. The van der Waals surface area contributed by atoms with Gasteiger partial charge in [0.05, 0.1) is 0 Å². The predicted molar refractivity (Wildman–Crippen MR) is 101 cm³/mol. The number of hydrogen-bond donors (Lipinski definition) is 0. The Bertz CT molecular complexity index is 1210. The van der Waals surface area contributed by atoms with E-state index in [4.69, 9.17) is 8.83 Å². The van der Waals surface area contributed by atoms with E-state index in [1.165, 1.54) is 6.07 Å². The average molecular weight is 346 g/mol. The molecule has 4 rings (SSSR count). The van der Waals surface area contributed by atoms with E-state index >= 15 is 0 Å².